The number of carbonyl (C=O) groups is 2. The van der Waals surface area contributed by atoms with Crippen molar-refractivity contribution in [2.75, 3.05) is 31.9 Å². The van der Waals surface area contributed by atoms with Gasteiger partial charge in [-0.3, -0.25) is 9.79 Å². The first-order valence-corrected chi connectivity index (χ1v) is 15.8. The highest BCUT2D eigenvalue weighted by molar-refractivity contribution is 7.89. The number of benzene rings is 2. The van der Waals surface area contributed by atoms with E-state index in [-0.39, 0.29) is 55.6 Å². The fourth-order valence-electron chi connectivity index (χ4n) is 5.71. The summed E-state index contributed by atoms with van der Waals surface area (Å²) in [6.45, 7) is 2.87. The lowest BCUT2D eigenvalue weighted by Gasteiger charge is -2.34. The van der Waals surface area contributed by atoms with Crippen molar-refractivity contribution in [3.63, 3.8) is 0 Å². The number of halogens is 3. The molecule has 0 aromatic heterocycles. The van der Waals surface area contributed by atoms with Crippen LogP contribution >= 0.6 is 0 Å². The van der Waals surface area contributed by atoms with Gasteiger partial charge in [-0.25, -0.2) is 17.5 Å². The van der Waals surface area contributed by atoms with Crippen molar-refractivity contribution in [2.45, 2.75) is 57.0 Å². The van der Waals surface area contributed by atoms with Crippen molar-refractivity contribution < 1.29 is 45.8 Å². The number of nitrogens with one attached hydrogen (secondary N) is 1. The molecule has 44 heavy (non-hydrogen) atoms. The highest BCUT2D eigenvalue weighted by Crippen LogP contribution is 2.33. The molecule has 0 radical (unpaired) electrons. The predicted octanol–water partition coefficient (Wildman–Crippen LogP) is 3.70. The average Bonchev–Trinajstić information content (AvgIpc) is 3.27. The van der Waals surface area contributed by atoms with Gasteiger partial charge in [-0.05, 0) is 61.6 Å². The molecule has 0 atom stereocenters. The molecule has 2 aromatic rings. The summed E-state index contributed by atoms with van der Waals surface area (Å²) in [5, 5.41) is 11.7. The van der Waals surface area contributed by atoms with E-state index in [0.717, 1.165) is 23.3 Å². The molecule has 3 heterocycles. The Morgan fingerprint density at radius 2 is 1.80 bits per heavy atom. The van der Waals surface area contributed by atoms with Crippen LogP contribution in [-0.2, 0) is 21.2 Å². The van der Waals surface area contributed by atoms with Gasteiger partial charge in [0, 0.05) is 44.6 Å². The quantitative estimate of drug-likeness (QED) is 0.450. The zero-order valence-electron chi connectivity index (χ0n) is 24.0. The molecule has 15 heteroatoms. The Balaban J connectivity index is 1.16. The van der Waals surface area contributed by atoms with Crippen molar-refractivity contribution in [3.05, 3.63) is 59.2 Å². The van der Waals surface area contributed by atoms with Crippen molar-refractivity contribution in [1.29, 1.82) is 0 Å². The van der Waals surface area contributed by atoms with Gasteiger partial charge in [0.2, 0.25) is 10.0 Å². The molecule has 5 rings (SSSR count). The largest absolute Gasteiger partial charge is 0.573 e. The fraction of sp³-hybridized carbons (Fsp3) is 0.483. The number of hydrogen-bond donors (Lipinski definition) is 2. The maximum absolute atomic E-state index is 13.2. The summed E-state index contributed by atoms with van der Waals surface area (Å²) in [6.07, 6.45) is -4.13. The van der Waals surface area contributed by atoms with Gasteiger partial charge >= 0.3 is 12.5 Å². The van der Waals surface area contributed by atoms with E-state index in [0.29, 0.717) is 31.7 Å². The summed E-state index contributed by atoms with van der Waals surface area (Å²) < 4.78 is 75.7. The van der Waals surface area contributed by atoms with E-state index in [1.54, 1.807) is 6.07 Å². The summed E-state index contributed by atoms with van der Waals surface area (Å²) in [4.78, 5) is 29.9. The van der Waals surface area contributed by atoms with E-state index >= 15 is 0 Å². The highest BCUT2D eigenvalue weighted by Gasteiger charge is 2.47. The molecule has 3 aliphatic rings. The number of rotatable bonds is 8. The van der Waals surface area contributed by atoms with Crippen LogP contribution in [0.15, 0.2) is 47.5 Å². The maximum Gasteiger partial charge on any atom is 0.573 e. The Morgan fingerprint density at radius 1 is 1.09 bits per heavy atom. The van der Waals surface area contributed by atoms with Crippen LogP contribution in [0.25, 0.3) is 0 Å². The molecule has 2 fully saturated rings. The first kappa shape index (κ1) is 31.6. The number of nitrogens with zero attached hydrogens (tertiary/aromatic N) is 3. The number of carbonyl (C=O) groups excluding carboxylic acids is 1. The lowest BCUT2D eigenvalue weighted by molar-refractivity contribution is -0.274. The van der Waals surface area contributed by atoms with E-state index in [9.17, 15) is 31.2 Å². The Bertz CT molecular complexity index is 1550. The van der Waals surface area contributed by atoms with Crippen LogP contribution in [0.3, 0.4) is 0 Å². The fourth-order valence-corrected chi connectivity index (χ4v) is 7.19. The maximum atomic E-state index is 13.2. The zero-order chi connectivity index (χ0) is 31.7. The van der Waals surface area contributed by atoms with Gasteiger partial charge in [0.05, 0.1) is 5.75 Å². The molecular formula is C29H33F3N4O7S. The Labute approximate surface area is 252 Å². The minimum atomic E-state index is -4.86. The lowest BCUT2D eigenvalue weighted by Crippen LogP contribution is -2.50. The van der Waals surface area contributed by atoms with E-state index in [1.807, 2.05) is 19.1 Å². The van der Waals surface area contributed by atoms with Gasteiger partial charge < -0.3 is 24.8 Å². The number of alkyl halides is 3. The summed E-state index contributed by atoms with van der Waals surface area (Å²) in [5.41, 5.74) is 0.796. The standard InChI is InChI=1S/C29H33F3N4O7S/c1-19-17-23(42-22-7-12-35(13-8-22)27(38)39)6-5-20(19)9-16-44(40,41)36-14-10-28(11-15-36)26(37)33-25(34-28)21-3-2-4-24(18-21)43-29(30,31)32/h2-6,17-18,22H,7-16H2,1H3,(H,38,39)(H,33,34,37). The molecule has 1 spiro atoms. The van der Waals surface area contributed by atoms with Crippen LogP contribution in [0, 0.1) is 6.92 Å². The molecule has 0 saturated carbocycles. The van der Waals surface area contributed by atoms with Gasteiger partial charge in [0.25, 0.3) is 5.91 Å². The van der Waals surface area contributed by atoms with Gasteiger partial charge in [-0.15, -0.1) is 13.2 Å². The summed E-state index contributed by atoms with van der Waals surface area (Å²) in [6, 6.07) is 10.6. The smallest absolute Gasteiger partial charge is 0.490 e. The van der Waals surface area contributed by atoms with Gasteiger partial charge in [0.15, 0.2) is 0 Å². The number of aliphatic imine (C=N–C) groups is 1. The number of piperidine rings is 2. The number of amidine groups is 1. The summed E-state index contributed by atoms with van der Waals surface area (Å²) in [5.74, 6) is -0.214. The molecule has 0 aliphatic carbocycles. The average molecular weight is 639 g/mol. The molecule has 3 aliphatic heterocycles. The zero-order valence-corrected chi connectivity index (χ0v) is 24.8. The molecule has 2 saturated heterocycles. The summed E-state index contributed by atoms with van der Waals surface area (Å²) in [7, 11) is -3.65. The van der Waals surface area contributed by atoms with Crippen LogP contribution in [0.4, 0.5) is 18.0 Å². The van der Waals surface area contributed by atoms with E-state index in [4.69, 9.17) is 9.84 Å². The Hall–Kier alpha value is -3.85. The second kappa shape index (κ2) is 12.3. The number of sulfonamides is 1. The number of ether oxygens (including phenoxy) is 2. The summed E-state index contributed by atoms with van der Waals surface area (Å²) >= 11 is 0. The molecule has 0 unspecified atom stereocenters. The molecule has 11 nitrogen and oxygen atoms in total. The Morgan fingerprint density at radius 3 is 2.43 bits per heavy atom. The van der Waals surface area contributed by atoms with Gasteiger partial charge in [0.1, 0.15) is 29.0 Å². The molecule has 0 bridgehead atoms. The second-order valence-electron chi connectivity index (χ2n) is 11.2. The van der Waals surface area contributed by atoms with Gasteiger partial charge in [-0.2, -0.15) is 0 Å². The van der Waals surface area contributed by atoms with E-state index in [1.165, 1.54) is 21.3 Å². The van der Waals surface area contributed by atoms with Crippen molar-refractivity contribution in [1.82, 2.24) is 14.5 Å². The number of hydrogen-bond acceptors (Lipinski definition) is 7. The Kier molecular flexibility index (Phi) is 8.80. The van der Waals surface area contributed by atoms with Crippen molar-refractivity contribution in [3.8, 4) is 11.5 Å². The van der Waals surface area contributed by atoms with Crippen LogP contribution < -0.4 is 14.8 Å². The third-order valence-corrected chi connectivity index (χ3v) is 10.1. The molecule has 2 N–H and O–H groups in total. The normalized spacial score (nSPS) is 19.5. The first-order chi connectivity index (χ1) is 20.7. The minimum Gasteiger partial charge on any atom is -0.490 e. The molecule has 2 amide bonds. The minimum absolute atomic E-state index is 0.0796. The van der Waals surface area contributed by atoms with Crippen LogP contribution in [0.1, 0.15) is 42.4 Å². The predicted molar refractivity (Wildman–Crippen MR) is 153 cm³/mol. The van der Waals surface area contributed by atoms with Crippen LogP contribution in [-0.4, -0.2) is 90.5 Å². The number of amides is 2. The SMILES string of the molecule is Cc1cc(OC2CCN(C(=O)O)CC2)ccc1CCS(=O)(=O)N1CCC2(CC1)N=C(c1cccc(OC(F)(F)F)c1)NC2=O. The van der Waals surface area contributed by atoms with Crippen LogP contribution in [0.2, 0.25) is 0 Å². The van der Waals surface area contributed by atoms with E-state index in [2.05, 4.69) is 15.0 Å². The number of aryl methyl sites for hydroxylation is 2. The van der Waals surface area contributed by atoms with Crippen molar-refractivity contribution in [2.24, 2.45) is 4.99 Å². The molecule has 2 aromatic carbocycles. The van der Waals surface area contributed by atoms with Crippen LogP contribution in [0.5, 0.6) is 11.5 Å². The number of carboxylic acid groups (broad SMARTS) is 1. The topological polar surface area (TPSA) is 138 Å². The lowest BCUT2D eigenvalue weighted by atomic mass is 9.89. The highest BCUT2D eigenvalue weighted by atomic mass is 32.2. The third-order valence-electron chi connectivity index (χ3n) is 8.22. The van der Waals surface area contributed by atoms with E-state index < -0.39 is 39.7 Å². The molecule has 238 valence electrons. The monoisotopic (exact) mass is 638 g/mol. The van der Waals surface area contributed by atoms with Gasteiger partial charge in [-0.1, -0.05) is 18.2 Å². The molecular weight excluding hydrogens is 605 g/mol. The first-order valence-electron chi connectivity index (χ1n) is 14.2. The third kappa shape index (κ3) is 7.26. The van der Waals surface area contributed by atoms with Crippen molar-refractivity contribution >= 4 is 27.9 Å². The number of likely N-dealkylation sites (tertiary alicyclic amines) is 1. The second-order valence-corrected chi connectivity index (χ2v) is 13.3.